The van der Waals surface area contributed by atoms with Crippen LogP contribution >= 0.6 is 0 Å². The van der Waals surface area contributed by atoms with E-state index in [0.717, 1.165) is 16.2 Å². The molecular formula is C31H24N2O7. The van der Waals surface area contributed by atoms with E-state index in [4.69, 9.17) is 9.47 Å². The summed E-state index contributed by atoms with van der Waals surface area (Å²) < 4.78 is 10.2. The Morgan fingerprint density at radius 3 is 1.93 bits per heavy atom. The molecule has 0 saturated carbocycles. The van der Waals surface area contributed by atoms with Crippen molar-refractivity contribution < 1.29 is 33.4 Å². The number of amides is 2. The Labute approximate surface area is 229 Å². The molecule has 9 nitrogen and oxygen atoms in total. The number of carbonyl (C=O) groups excluding carboxylic acids is 5. The van der Waals surface area contributed by atoms with Crippen LogP contribution in [0.2, 0.25) is 0 Å². The van der Waals surface area contributed by atoms with E-state index in [-0.39, 0.29) is 5.78 Å². The van der Waals surface area contributed by atoms with Gasteiger partial charge in [0.15, 0.2) is 5.78 Å². The number of rotatable bonds is 5. The highest BCUT2D eigenvalue weighted by Gasteiger charge is 2.64. The molecule has 0 spiro atoms. The third-order valence-corrected chi connectivity index (χ3v) is 7.44. The molecule has 3 aromatic rings. The first-order valence-corrected chi connectivity index (χ1v) is 12.8. The SMILES string of the molecule is CC(=O)Oc1ccc(C(=O)[C@@H]2[C@H]3C(=O)N(c4ccc(OC(C)=O)cc4)C(=O)[C@@H]3[C@H]3C=Cc4ccccc4N32)cc1. The van der Waals surface area contributed by atoms with Gasteiger partial charge in [0.1, 0.15) is 17.5 Å². The molecule has 2 fully saturated rings. The zero-order valence-electron chi connectivity index (χ0n) is 21.6. The lowest BCUT2D eigenvalue weighted by atomic mass is 9.86. The van der Waals surface area contributed by atoms with Crippen molar-refractivity contribution in [3.63, 3.8) is 0 Å². The van der Waals surface area contributed by atoms with E-state index >= 15 is 0 Å². The number of ketones is 1. The van der Waals surface area contributed by atoms with Gasteiger partial charge in [-0.15, -0.1) is 0 Å². The molecule has 200 valence electrons. The van der Waals surface area contributed by atoms with E-state index in [1.807, 2.05) is 41.3 Å². The summed E-state index contributed by atoms with van der Waals surface area (Å²) in [7, 11) is 0. The summed E-state index contributed by atoms with van der Waals surface area (Å²) in [4.78, 5) is 67.6. The molecule has 3 aliphatic heterocycles. The van der Waals surface area contributed by atoms with E-state index in [9.17, 15) is 24.0 Å². The lowest BCUT2D eigenvalue weighted by molar-refractivity contribution is -0.132. The Bertz CT molecular complexity index is 1590. The first-order valence-electron chi connectivity index (χ1n) is 12.8. The molecule has 6 rings (SSSR count). The molecule has 0 bridgehead atoms. The number of fused-ring (bicyclic) bond motifs is 5. The van der Waals surface area contributed by atoms with Crippen LogP contribution in [0, 0.1) is 11.8 Å². The van der Waals surface area contributed by atoms with Gasteiger partial charge >= 0.3 is 11.9 Å². The van der Waals surface area contributed by atoms with Crippen molar-refractivity contribution in [2.45, 2.75) is 25.9 Å². The van der Waals surface area contributed by atoms with Crippen LogP contribution in [-0.2, 0) is 19.2 Å². The minimum absolute atomic E-state index is 0.291. The van der Waals surface area contributed by atoms with E-state index in [0.29, 0.717) is 22.7 Å². The van der Waals surface area contributed by atoms with Gasteiger partial charge in [-0.05, 0) is 60.2 Å². The number of ether oxygens (including phenoxy) is 2. The molecule has 3 aromatic carbocycles. The largest absolute Gasteiger partial charge is 0.427 e. The third kappa shape index (κ3) is 4.07. The van der Waals surface area contributed by atoms with Crippen molar-refractivity contribution in [2.24, 2.45) is 11.8 Å². The molecular weight excluding hydrogens is 512 g/mol. The van der Waals surface area contributed by atoms with Gasteiger partial charge in [0, 0.05) is 25.1 Å². The second kappa shape index (κ2) is 9.60. The highest BCUT2D eigenvalue weighted by atomic mass is 16.5. The Morgan fingerprint density at radius 1 is 0.725 bits per heavy atom. The predicted molar refractivity (Wildman–Crippen MR) is 145 cm³/mol. The summed E-state index contributed by atoms with van der Waals surface area (Å²) in [5, 5.41) is 0. The number of nitrogens with zero attached hydrogens (tertiary/aromatic N) is 2. The number of Topliss-reactive ketones (excluding diaryl/α,β-unsaturated/α-hetero) is 1. The number of esters is 2. The minimum Gasteiger partial charge on any atom is -0.427 e. The van der Waals surface area contributed by atoms with Crippen molar-refractivity contribution in [2.75, 3.05) is 9.80 Å². The van der Waals surface area contributed by atoms with Gasteiger partial charge in [0.2, 0.25) is 11.8 Å². The summed E-state index contributed by atoms with van der Waals surface area (Å²) in [6.45, 7) is 2.57. The van der Waals surface area contributed by atoms with Crippen LogP contribution in [0.25, 0.3) is 6.08 Å². The van der Waals surface area contributed by atoms with Gasteiger partial charge in [-0.3, -0.25) is 24.0 Å². The Kier molecular flexibility index (Phi) is 6.06. The van der Waals surface area contributed by atoms with Crippen LogP contribution in [0.4, 0.5) is 11.4 Å². The van der Waals surface area contributed by atoms with Crippen molar-refractivity contribution in [1.82, 2.24) is 0 Å². The summed E-state index contributed by atoms with van der Waals surface area (Å²) >= 11 is 0. The van der Waals surface area contributed by atoms with Crippen LogP contribution in [0.3, 0.4) is 0 Å². The number of hydrogen-bond acceptors (Lipinski definition) is 8. The number of hydrogen-bond donors (Lipinski definition) is 0. The van der Waals surface area contributed by atoms with E-state index in [1.165, 1.54) is 38.1 Å². The lowest BCUT2D eigenvalue weighted by Gasteiger charge is -2.36. The number of anilines is 2. The summed E-state index contributed by atoms with van der Waals surface area (Å²) in [5.74, 6) is -3.26. The lowest BCUT2D eigenvalue weighted by Crippen LogP contribution is -2.48. The molecule has 2 saturated heterocycles. The number of para-hydroxylation sites is 1. The molecule has 9 heteroatoms. The van der Waals surface area contributed by atoms with Gasteiger partial charge < -0.3 is 14.4 Å². The second-order valence-electron chi connectivity index (χ2n) is 9.89. The fourth-order valence-corrected chi connectivity index (χ4v) is 5.92. The molecule has 40 heavy (non-hydrogen) atoms. The molecule has 0 N–H and O–H groups in total. The Morgan fingerprint density at radius 2 is 1.30 bits per heavy atom. The van der Waals surface area contributed by atoms with Gasteiger partial charge in [0.25, 0.3) is 0 Å². The van der Waals surface area contributed by atoms with Crippen LogP contribution in [0.5, 0.6) is 11.5 Å². The van der Waals surface area contributed by atoms with Crippen molar-refractivity contribution in [3.8, 4) is 11.5 Å². The molecule has 0 radical (unpaired) electrons. The molecule has 0 unspecified atom stereocenters. The monoisotopic (exact) mass is 536 g/mol. The standard InChI is InChI=1S/C31H24N2O7/c1-17(34)39-22-12-7-20(8-13-22)29(36)28-27-26(25-16-9-19-5-3-4-6-24(19)33(25)28)30(37)32(31(27)38)21-10-14-23(15-11-21)40-18(2)35/h3-16,25-28H,1-2H3/t25-,26-,27+,28+/m1/s1. The van der Waals surface area contributed by atoms with Crippen LogP contribution in [-0.4, -0.2) is 41.6 Å². The van der Waals surface area contributed by atoms with Crippen LogP contribution in [0.1, 0.15) is 29.8 Å². The fraction of sp³-hybridized carbons (Fsp3) is 0.194. The quantitative estimate of drug-likeness (QED) is 0.210. The number of carbonyl (C=O) groups is 5. The average Bonchev–Trinajstić information content (AvgIpc) is 3.41. The average molecular weight is 537 g/mol. The van der Waals surface area contributed by atoms with Crippen molar-refractivity contribution in [3.05, 3.63) is 90.0 Å². The van der Waals surface area contributed by atoms with Gasteiger partial charge in [-0.2, -0.15) is 0 Å². The van der Waals surface area contributed by atoms with Crippen LogP contribution < -0.4 is 19.3 Å². The zero-order valence-corrected chi connectivity index (χ0v) is 21.6. The predicted octanol–water partition coefficient (Wildman–Crippen LogP) is 3.81. The van der Waals surface area contributed by atoms with Crippen molar-refractivity contribution >= 4 is 47.0 Å². The normalized spacial score (nSPS) is 22.4. The highest BCUT2D eigenvalue weighted by Crippen LogP contribution is 2.49. The molecule has 0 aromatic heterocycles. The van der Waals surface area contributed by atoms with Gasteiger partial charge in [-0.1, -0.05) is 30.4 Å². The molecule has 2 amide bonds. The van der Waals surface area contributed by atoms with E-state index < -0.39 is 47.7 Å². The first-order chi connectivity index (χ1) is 19.2. The van der Waals surface area contributed by atoms with Crippen LogP contribution in [0.15, 0.2) is 78.9 Å². The summed E-state index contributed by atoms with van der Waals surface area (Å²) in [6.07, 6.45) is 3.80. The smallest absolute Gasteiger partial charge is 0.308 e. The Hall–Kier alpha value is -5.05. The number of imide groups is 1. The molecule has 3 aliphatic rings. The molecule has 3 heterocycles. The topological polar surface area (TPSA) is 110 Å². The zero-order chi connectivity index (χ0) is 28.1. The maximum atomic E-state index is 14.1. The van der Waals surface area contributed by atoms with Gasteiger partial charge in [-0.25, -0.2) is 4.90 Å². The number of benzene rings is 3. The molecule has 0 aliphatic carbocycles. The second-order valence-corrected chi connectivity index (χ2v) is 9.89. The van der Waals surface area contributed by atoms with E-state index in [2.05, 4.69) is 0 Å². The summed E-state index contributed by atoms with van der Waals surface area (Å²) in [5.41, 5.74) is 2.33. The fourth-order valence-electron chi connectivity index (χ4n) is 5.92. The third-order valence-electron chi connectivity index (χ3n) is 7.44. The highest BCUT2D eigenvalue weighted by molar-refractivity contribution is 6.25. The Balaban J connectivity index is 1.40. The first kappa shape index (κ1) is 25.2. The maximum absolute atomic E-state index is 14.1. The summed E-state index contributed by atoms with van der Waals surface area (Å²) in [6, 6.07) is 18.4. The molecule has 4 atom stereocenters. The van der Waals surface area contributed by atoms with Gasteiger partial charge in [0.05, 0.1) is 23.6 Å². The van der Waals surface area contributed by atoms with E-state index in [1.54, 1.807) is 24.3 Å². The maximum Gasteiger partial charge on any atom is 0.308 e. The minimum atomic E-state index is -0.942. The van der Waals surface area contributed by atoms with Crippen molar-refractivity contribution in [1.29, 1.82) is 0 Å².